The zero-order chi connectivity index (χ0) is 18.9. The van der Waals surface area contributed by atoms with E-state index in [-0.39, 0.29) is 12.1 Å². The molecule has 3 heterocycles. The third kappa shape index (κ3) is 3.45. The summed E-state index contributed by atoms with van der Waals surface area (Å²) in [4.78, 5) is 15.2. The largest absolute Gasteiger partial charge is 0.391 e. The van der Waals surface area contributed by atoms with E-state index in [1.54, 1.807) is 18.6 Å². The number of aliphatic hydroxyl groups excluding tert-OH is 1. The van der Waals surface area contributed by atoms with Gasteiger partial charge in [0, 0.05) is 49.8 Å². The van der Waals surface area contributed by atoms with Gasteiger partial charge in [0.05, 0.1) is 18.3 Å². The number of rotatable bonds is 4. The van der Waals surface area contributed by atoms with Gasteiger partial charge < -0.3 is 10.4 Å². The van der Waals surface area contributed by atoms with Crippen molar-refractivity contribution >= 4 is 16.6 Å². The minimum Gasteiger partial charge on any atom is -0.391 e. The van der Waals surface area contributed by atoms with Gasteiger partial charge in [0.2, 0.25) is 0 Å². The number of hydrogen-bond acceptors (Lipinski definition) is 6. The number of pyridine rings is 1. The molecular weight excluding hydrogens is 350 g/mol. The normalized spacial score (nSPS) is 27.6. The Kier molecular flexibility index (Phi) is 4.66. The molecule has 2 N–H and O–H groups in total. The van der Waals surface area contributed by atoms with Crippen LogP contribution in [0.3, 0.4) is 0 Å². The van der Waals surface area contributed by atoms with Gasteiger partial charge in [-0.2, -0.15) is 0 Å². The van der Waals surface area contributed by atoms with Crippen molar-refractivity contribution in [1.82, 2.24) is 19.9 Å². The van der Waals surface area contributed by atoms with Crippen molar-refractivity contribution in [2.75, 3.05) is 18.4 Å². The Balaban J connectivity index is 1.27. The van der Waals surface area contributed by atoms with E-state index >= 15 is 0 Å². The highest BCUT2D eigenvalue weighted by atomic mass is 16.3. The van der Waals surface area contributed by atoms with Crippen LogP contribution in [-0.4, -0.2) is 50.2 Å². The molecule has 2 aliphatic rings. The molecule has 28 heavy (non-hydrogen) atoms. The maximum Gasteiger partial charge on any atom is 0.144 e. The van der Waals surface area contributed by atoms with Crippen molar-refractivity contribution in [2.24, 2.45) is 11.8 Å². The summed E-state index contributed by atoms with van der Waals surface area (Å²) in [5.74, 6) is 1.91. The van der Waals surface area contributed by atoms with Crippen molar-refractivity contribution in [3.05, 3.63) is 60.8 Å². The number of fused-ring (bicyclic) bond motifs is 2. The van der Waals surface area contributed by atoms with Crippen LogP contribution in [0.25, 0.3) is 10.8 Å². The van der Waals surface area contributed by atoms with Crippen LogP contribution in [0, 0.1) is 11.8 Å². The van der Waals surface area contributed by atoms with Crippen molar-refractivity contribution in [2.45, 2.75) is 31.5 Å². The second-order valence-corrected chi connectivity index (χ2v) is 8.11. The molecule has 1 aliphatic carbocycles. The highest BCUT2D eigenvalue weighted by Gasteiger charge is 2.41. The quantitative estimate of drug-likeness (QED) is 0.730. The van der Waals surface area contributed by atoms with Gasteiger partial charge in [-0.1, -0.05) is 18.2 Å². The lowest BCUT2D eigenvalue weighted by Crippen LogP contribution is -2.43. The Hall–Kier alpha value is -2.57. The molecular formula is C22H25N5O. The molecule has 0 unspecified atom stereocenters. The lowest BCUT2D eigenvalue weighted by Gasteiger charge is -2.35. The molecule has 1 aromatic carbocycles. The van der Waals surface area contributed by atoms with Crippen LogP contribution < -0.4 is 5.32 Å². The van der Waals surface area contributed by atoms with Crippen LogP contribution in [0.1, 0.15) is 18.4 Å². The number of aromatic nitrogens is 3. The monoisotopic (exact) mass is 375 g/mol. The summed E-state index contributed by atoms with van der Waals surface area (Å²) in [6.07, 6.45) is 10.3. The van der Waals surface area contributed by atoms with Crippen LogP contribution in [0.4, 0.5) is 5.82 Å². The second kappa shape index (κ2) is 7.45. The summed E-state index contributed by atoms with van der Waals surface area (Å²) < 4.78 is 0. The van der Waals surface area contributed by atoms with E-state index in [9.17, 15) is 5.11 Å². The van der Waals surface area contributed by atoms with Gasteiger partial charge in [0.1, 0.15) is 5.82 Å². The molecule has 3 aromatic rings. The van der Waals surface area contributed by atoms with E-state index in [0.29, 0.717) is 11.8 Å². The fourth-order valence-electron chi connectivity index (χ4n) is 4.94. The molecule has 1 saturated heterocycles. The lowest BCUT2D eigenvalue weighted by atomic mass is 9.77. The van der Waals surface area contributed by atoms with Gasteiger partial charge >= 0.3 is 0 Å². The molecule has 5 rings (SSSR count). The fourth-order valence-corrected chi connectivity index (χ4v) is 4.94. The zero-order valence-electron chi connectivity index (χ0n) is 15.8. The van der Waals surface area contributed by atoms with Gasteiger partial charge in [-0.25, -0.2) is 4.98 Å². The molecule has 0 bridgehead atoms. The van der Waals surface area contributed by atoms with E-state index in [4.69, 9.17) is 0 Å². The van der Waals surface area contributed by atoms with Crippen molar-refractivity contribution in [1.29, 1.82) is 0 Å². The number of anilines is 1. The Labute approximate surface area is 164 Å². The van der Waals surface area contributed by atoms with E-state index < -0.39 is 0 Å². The SMILES string of the molecule is O[C@@H]1C[C@H]2CN(Cc3cccc4cnccc34)C[C@H]2C[C@H]1Nc1cnccn1. The van der Waals surface area contributed by atoms with Crippen LogP contribution >= 0.6 is 0 Å². The first kappa shape index (κ1) is 17.5. The average Bonchev–Trinajstić information content (AvgIpc) is 3.10. The van der Waals surface area contributed by atoms with Crippen LogP contribution in [0.5, 0.6) is 0 Å². The van der Waals surface area contributed by atoms with Gasteiger partial charge in [0.25, 0.3) is 0 Å². The van der Waals surface area contributed by atoms with E-state index in [1.807, 2.05) is 12.4 Å². The molecule has 0 amide bonds. The van der Waals surface area contributed by atoms with Crippen LogP contribution in [0.15, 0.2) is 55.2 Å². The second-order valence-electron chi connectivity index (χ2n) is 8.11. The van der Waals surface area contributed by atoms with Gasteiger partial charge in [-0.15, -0.1) is 0 Å². The molecule has 144 valence electrons. The highest BCUT2D eigenvalue weighted by Crippen LogP contribution is 2.38. The lowest BCUT2D eigenvalue weighted by molar-refractivity contribution is 0.0735. The minimum absolute atomic E-state index is 0.0431. The molecule has 4 atom stereocenters. The number of nitrogens with zero attached hydrogens (tertiary/aromatic N) is 4. The predicted molar refractivity (Wildman–Crippen MR) is 109 cm³/mol. The Bertz CT molecular complexity index is 945. The van der Waals surface area contributed by atoms with E-state index in [0.717, 1.165) is 38.3 Å². The Morgan fingerprint density at radius 3 is 2.71 bits per heavy atom. The van der Waals surface area contributed by atoms with Crippen LogP contribution in [0.2, 0.25) is 0 Å². The molecule has 1 saturated carbocycles. The zero-order valence-corrected chi connectivity index (χ0v) is 15.8. The standard InChI is InChI=1S/C22H25N5O/c28-21-9-18-14-27(12-16-3-1-2-15-10-23-5-4-19(15)16)13-17(18)8-20(21)26-22-11-24-6-7-25-22/h1-7,10-11,17-18,20-21,28H,8-9,12-14H2,(H,25,26)/t17-,18+,20-,21-/m1/s1. The minimum atomic E-state index is -0.341. The first-order valence-corrected chi connectivity index (χ1v) is 10.0. The summed E-state index contributed by atoms with van der Waals surface area (Å²) in [5, 5.41) is 16.5. The Morgan fingerprint density at radius 1 is 1.00 bits per heavy atom. The number of nitrogens with one attached hydrogen (secondary N) is 1. The van der Waals surface area contributed by atoms with E-state index in [1.165, 1.54) is 16.3 Å². The first-order chi connectivity index (χ1) is 13.8. The van der Waals surface area contributed by atoms with Gasteiger partial charge in [-0.3, -0.25) is 14.9 Å². The smallest absolute Gasteiger partial charge is 0.144 e. The number of hydrogen-bond donors (Lipinski definition) is 2. The maximum atomic E-state index is 10.7. The molecule has 0 spiro atoms. The number of aliphatic hydroxyl groups is 1. The molecule has 6 nitrogen and oxygen atoms in total. The molecule has 2 fully saturated rings. The van der Waals surface area contributed by atoms with Crippen molar-refractivity contribution < 1.29 is 5.11 Å². The summed E-state index contributed by atoms with van der Waals surface area (Å²) in [6, 6.07) is 8.61. The third-order valence-electron chi connectivity index (χ3n) is 6.28. The summed E-state index contributed by atoms with van der Waals surface area (Å²) in [7, 11) is 0. The van der Waals surface area contributed by atoms with E-state index in [2.05, 4.69) is 49.4 Å². The number of likely N-dealkylation sites (tertiary alicyclic amines) is 1. The van der Waals surface area contributed by atoms with Gasteiger partial charge in [0.15, 0.2) is 0 Å². The summed E-state index contributed by atoms with van der Waals surface area (Å²) in [5.41, 5.74) is 1.35. The third-order valence-corrected chi connectivity index (χ3v) is 6.28. The summed E-state index contributed by atoms with van der Waals surface area (Å²) in [6.45, 7) is 3.09. The first-order valence-electron chi connectivity index (χ1n) is 10.0. The molecule has 1 aliphatic heterocycles. The summed E-state index contributed by atoms with van der Waals surface area (Å²) >= 11 is 0. The molecule has 6 heteroatoms. The fraction of sp³-hybridized carbons (Fsp3) is 0.409. The highest BCUT2D eigenvalue weighted by molar-refractivity contribution is 5.84. The Morgan fingerprint density at radius 2 is 1.86 bits per heavy atom. The number of benzene rings is 1. The van der Waals surface area contributed by atoms with Crippen molar-refractivity contribution in [3.63, 3.8) is 0 Å². The molecule has 2 aromatic heterocycles. The van der Waals surface area contributed by atoms with Gasteiger partial charge in [-0.05, 0) is 41.7 Å². The average molecular weight is 375 g/mol. The maximum absolute atomic E-state index is 10.7. The van der Waals surface area contributed by atoms with Crippen LogP contribution in [-0.2, 0) is 6.54 Å². The van der Waals surface area contributed by atoms with Crippen molar-refractivity contribution in [3.8, 4) is 0 Å². The predicted octanol–water partition coefficient (Wildman–Crippen LogP) is 2.71. The topological polar surface area (TPSA) is 74.2 Å². The molecule has 0 radical (unpaired) electrons.